The van der Waals surface area contributed by atoms with Crippen LogP contribution in [-0.4, -0.2) is 21.0 Å². The molecule has 1 aromatic rings. The largest absolute Gasteiger partial charge is 0.478 e. The molecule has 1 atom stereocenters. The zero-order chi connectivity index (χ0) is 12.3. The Hall–Kier alpha value is -1.16. The molecule has 0 bridgehead atoms. The van der Waals surface area contributed by atoms with Crippen molar-refractivity contribution in [3.8, 4) is 0 Å². The maximum absolute atomic E-state index is 11.9. The Morgan fingerprint density at radius 3 is 2.44 bits per heavy atom. The van der Waals surface area contributed by atoms with Gasteiger partial charge in [-0.05, 0) is 30.5 Å². The van der Waals surface area contributed by atoms with Crippen LogP contribution in [0, 0.1) is 6.92 Å². The van der Waals surface area contributed by atoms with Gasteiger partial charge in [0.1, 0.15) is 0 Å². The highest BCUT2D eigenvalue weighted by molar-refractivity contribution is 7.85. The summed E-state index contributed by atoms with van der Waals surface area (Å²) < 4.78 is 11.9. The van der Waals surface area contributed by atoms with Crippen molar-refractivity contribution in [1.29, 1.82) is 0 Å². The summed E-state index contributed by atoms with van der Waals surface area (Å²) in [7, 11) is -1.10. The summed E-state index contributed by atoms with van der Waals surface area (Å²) in [6.07, 6.45) is 0.766. The zero-order valence-electron chi connectivity index (χ0n) is 9.74. The molecule has 0 heterocycles. The van der Waals surface area contributed by atoms with Crippen LogP contribution in [0.25, 0.3) is 0 Å². The van der Waals surface area contributed by atoms with Gasteiger partial charge in [-0.3, -0.25) is 4.21 Å². The molecule has 1 N–H and O–H groups in total. The first-order valence-corrected chi connectivity index (χ1v) is 6.58. The van der Waals surface area contributed by atoms with Gasteiger partial charge in [-0.15, -0.1) is 0 Å². The van der Waals surface area contributed by atoms with E-state index in [0.29, 0.717) is 16.2 Å². The summed E-state index contributed by atoms with van der Waals surface area (Å²) in [4.78, 5) is 11.7. The molecule has 0 aliphatic rings. The van der Waals surface area contributed by atoms with Crippen molar-refractivity contribution in [2.24, 2.45) is 0 Å². The van der Waals surface area contributed by atoms with Gasteiger partial charge < -0.3 is 5.11 Å². The Labute approximate surface area is 98.0 Å². The molecule has 3 nitrogen and oxygen atoms in total. The summed E-state index contributed by atoms with van der Waals surface area (Å²) in [6, 6.07) is 3.35. The van der Waals surface area contributed by atoms with Gasteiger partial charge in [0, 0.05) is 10.6 Å². The lowest BCUT2D eigenvalue weighted by molar-refractivity contribution is 0.0696. The predicted molar refractivity (Wildman–Crippen MR) is 64.5 cm³/mol. The van der Waals surface area contributed by atoms with Gasteiger partial charge in [-0.25, -0.2) is 4.79 Å². The standard InChI is InChI=1S/C12H16O3S/c1-4-9-6-7-10(12(13)14)8(3)11(9)16(15)5-2/h6-7H,4-5H2,1-3H3,(H,13,14)/t16-/m0/s1. The van der Waals surface area contributed by atoms with Gasteiger partial charge in [0.15, 0.2) is 0 Å². The topological polar surface area (TPSA) is 54.4 Å². The highest BCUT2D eigenvalue weighted by atomic mass is 32.2. The molecule has 0 aliphatic heterocycles. The minimum atomic E-state index is -1.10. The van der Waals surface area contributed by atoms with E-state index >= 15 is 0 Å². The van der Waals surface area contributed by atoms with Gasteiger partial charge in [-0.2, -0.15) is 0 Å². The molecule has 0 aliphatic carbocycles. The van der Waals surface area contributed by atoms with Gasteiger partial charge in [-0.1, -0.05) is 19.9 Å². The zero-order valence-corrected chi connectivity index (χ0v) is 10.6. The lowest BCUT2D eigenvalue weighted by atomic mass is 10.0. The number of carboxylic acids is 1. The van der Waals surface area contributed by atoms with E-state index in [9.17, 15) is 9.00 Å². The van der Waals surface area contributed by atoms with E-state index in [1.54, 1.807) is 19.1 Å². The van der Waals surface area contributed by atoms with Crippen LogP contribution < -0.4 is 0 Å². The third kappa shape index (κ3) is 2.32. The van der Waals surface area contributed by atoms with Crippen LogP contribution in [0.15, 0.2) is 17.0 Å². The highest BCUT2D eigenvalue weighted by Crippen LogP contribution is 2.23. The van der Waals surface area contributed by atoms with E-state index in [2.05, 4.69) is 0 Å². The van der Waals surface area contributed by atoms with E-state index in [-0.39, 0.29) is 5.56 Å². The second-order valence-corrected chi connectivity index (χ2v) is 5.20. The van der Waals surface area contributed by atoms with E-state index in [4.69, 9.17) is 5.11 Å². The average molecular weight is 240 g/mol. The van der Waals surface area contributed by atoms with Crippen LogP contribution in [0.3, 0.4) is 0 Å². The fraction of sp³-hybridized carbons (Fsp3) is 0.417. The molecule has 0 fully saturated rings. The molecule has 16 heavy (non-hydrogen) atoms. The molecule has 0 amide bonds. The van der Waals surface area contributed by atoms with Crippen LogP contribution in [0.5, 0.6) is 0 Å². The van der Waals surface area contributed by atoms with E-state index in [0.717, 1.165) is 12.0 Å². The number of rotatable bonds is 4. The van der Waals surface area contributed by atoms with Crippen LogP contribution >= 0.6 is 0 Å². The normalized spacial score (nSPS) is 12.4. The molecular formula is C12H16O3S. The van der Waals surface area contributed by atoms with E-state index < -0.39 is 16.8 Å². The Kier molecular flexibility index (Phi) is 4.24. The van der Waals surface area contributed by atoms with Crippen molar-refractivity contribution in [3.05, 3.63) is 28.8 Å². The van der Waals surface area contributed by atoms with Gasteiger partial charge >= 0.3 is 5.97 Å². The van der Waals surface area contributed by atoms with Crippen LogP contribution in [0.2, 0.25) is 0 Å². The average Bonchev–Trinajstić information content (AvgIpc) is 2.26. The third-order valence-electron chi connectivity index (χ3n) is 2.59. The quantitative estimate of drug-likeness (QED) is 0.879. The molecule has 4 heteroatoms. The molecule has 0 aromatic heterocycles. The van der Waals surface area contributed by atoms with Gasteiger partial charge in [0.2, 0.25) is 0 Å². The summed E-state index contributed by atoms with van der Waals surface area (Å²) in [5, 5.41) is 9.01. The Balaban J connectivity index is 3.46. The Bertz CT molecular complexity index is 438. The smallest absolute Gasteiger partial charge is 0.335 e. The maximum Gasteiger partial charge on any atom is 0.335 e. The molecule has 0 unspecified atom stereocenters. The van der Waals surface area contributed by atoms with Crippen molar-refractivity contribution in [1.82, 2.24) is 0 Å². The molecule has 0 saturated carbocycles. The Morgan fingerprint density at radius 2 is 2.00 bits per heavy atom. The second kappa shape index (κ2) is 5.25. The molecule has 1 aromatic carbocycles. The summed E-state index contributed by atoms with van der Waals surface area (Å²) in [6.45, 7) is 5.54. The first-order valence-electron chi connectivity index (χ1n) is 5.27. The first-order chi connectivity index (χ1) is 7.52. The van der Waals surface area contributed by atoms with Gasteiger partial charge in [0.05, 0.1) is 16.4 Å². The number of hydrogen-bond acceptors (Lipinski definition) is 2. The third-order valence-corrected chi connectivity index (χ3v) is 4.14. The number of hydrogen-bond donors (Lipinski definition) is 1. The molecule has 88 valence electrons. The molecule has 0 spiro atoms. The lowest BCUT2D eigenvalue weighted by Crippen LogP contribution is -2.08. The van der Waals surface area contributed by atoms with E-state index in [1.807, 2.05) is 13.8 Å². The fourth-order valence-corrected chi connectivity index (χ4v) is 2.96. The van der Waals surface area contributed by atoms with Crippen molar-refractivity contribution in [2.75, 3.05) is 5.75 Å². The van der Waals surface area contributed by atoms with Crippen LogP contribution in [0.4, 0.5) is 0 Å². The molecule has 1 rings (SSSR count). The number of aryl methyl sites for hydroxylation is 1. The van der Waals surface area contributed by atoms with Crippen molar-refractivity contribution in [3.63, 3.8) is 0 Å². The molecule has 0 radical (unpaired) electrons. The van der Waals surface area contributed by atoms with Gasteiger partial charge in [0.25, 0.3) is 0 Å². The predicted octanol–water partition coefficient (Wildman–Crippen LogP) is 2.38. The van der Waals surface area contributed by atoms with Crippen molar-refractivity contribution >= 4 is 16.8 Å². The minimum absolute atomic E-state index is 0.244. The van der Waals surface area contributed by atoms with Crippen LogP contribution in [0.1, 0.15) is 35.3 Å². The SMILES string of the molecule is CCc1ccc(C(=O)O)c(C)c1[S@@](=O)CC. The monoisotopic (exact) mass is 240 g/mol. The molecular weight excluding hydrogens is 224 g/mol. The Morgan fingerprint density at radius 1 is 1.38 bits per heavy atom. The van der Waals surface area contributed by atoms with Crippen molar-refractivity contribution in [2.45, 2.75) is 32.1 Å². The first kappa shape index (κ1) is 12.9. The second-order valence-electron chi connectivity index (χ2n) is 3.52. The number of carbonyl (C=O) groups is 1. The van der Waals surface area contributed by atoms with Crippen molar-refractivity contribution < 1.29 is 14.1 Å². The molecule has 0 saturated heterocycles. The highest BCUT2D eigenvalue weighted by Gasteiger charge is 2.16. The summed E-state index contributed by atoms with van der Waals surface area (Å²) >= 11 is 0. The fourth-order valence-electron chi connectivity index (χ4n) is 1.72. The summed E-state index contributed by atoms with van der Waals surface area (Å²) in [5.74, 6) is -0.453. The summed E-state index contributed by atoms with van der Waals surface area (Å²) in [5.41, 5.74) is 1.85. The number of benzene rings is 1. The lowest BCUT2D eigenvalue weighted by Gasteiger charge is -2.12. The number of carboxylic acid groups (broad SMARTS) is 1. The van der Waals surface area contributed by atoms with Crippen LogP contribution in [-0.2, 0) is 17.2 Å². The number of aromatic carboxylic acids is 1. The van der Waals surface area contributed by atoms with E-state index in [1.165, 1.54) is 0 Å². The minimum Gasteiger partial charge on any atom is -0.478 e. The maximum atomic E-state index is 11.9.